The minimum Gasteiger partial charge on any atom is -0.467 e. The molecule has 2 N–H and O–H groups in total. The Bertz CT molecular complexity index is 1370. The predicted molar refractivity (Wildman–Crippen MR) is 128 cm³/mol. The summed E-state index contributed by atoms with van der Waals surface area (Å²) < 4.78 is 21.2. The summed E-state index contributed by atoms with van der Waals surface area (Å²) in [4.78, 5) is 17.6. The van der Waals surface area contributed by atoms with Crippen molar-refractivity contribution in [1.82, 2.24) is 20.2 Å². The minimum absolute atomic E-state index is 0.331. The molecule has 2 atom stereocenters. The van der Waals surface area contributed by atoms with Gasteiger partial charge in [0.25, 0.3) is 0 Å². The number of carbonyl (C=O) groups is 1. The van der Waals surface area contributed by atoms with Crippen LogP contribution >= 0.6 is 0 Å². The molecule has 0 aliphatic heterocycles. The molecule has 7 heteroatoms. The summed E-state index contributed by atoms with van der Waals surface area (Å²) in [6, 6.07) is 25.9. The smallest absolute Gasteiger partial charge is 0.316 e. The molecule has 6 nitrogen and oxygen atoms in total. The average molecular weight is 455 g/mol. The van der Waals surface area contributed by atoms with Gasteiger partial charge in [0.15, 0.2) is 0 Å². The zero-order valence-electron chi connectivity index (χ0n) is 18.3. The number of fused-ring (bicyclic) bond motifs is 1. The zero-order valence-corrected chi connectivity index (χ0v) is 18.3. The van der Waals surface area contributed by atoms with E-state index in [1.807, 2.05) is 65.2 Å². The lowest BCUT2D eigenvalue weighted by Gasteiger charge is -2.23. The Labute approximate surface area is 196 Å². The monoisotopic (exact) mass is 454 g/mol. The molecule has 0 fully saturated rings. The summed E-state index contributed by atoms with van der Waals surface area (Å²) in [5, 5.41) is 6.08. The summed E-state index contributed by atoms with van der Waals surface area (Å²) in [5.41, 5.74) is 3.50. The molecule has 34 heavy (non-hydrogen) atoms. The standard InChI is InChI=1S/C27H23FN4O2/c28-21-14-12-19(13-15-21)23(17-32-18-29-22-9-4-5-10-24(22)32)30-27(33)31-26(25-11-6-16-34-25)20-7-2-1-3-8-20/h1-16,18,23,26H,17H2,(H2,30,31,33). The number of nitrogens with one attached hydrogen (secondary N) is 2. The van der Waals surface area contributed by atoms with E-state index in [2.05, 4.69) is 15.6 Å². The molecule has 2 amide bonds. The molecular formula is C27H23FN4O2. The number of benzene rings is 3. The molecule has 2 heterocycles. The third kappa shape index (κ3) is 4.68. The Morgan fingerprint density at radius 3 is 2.41 bits per heavy atom. The van der Waals surface area contributed by atoms with Crippen LogP contribution < -0.4 is 10.6 Å². The summed E-state index contributed by atoms with van der Waals surface area (Å²) in [6.45, 7) is 0.427. The van der Waals surface area contributed by atoms with Crippen molar-refractivity contribution in [3.8, 4) is 0 Å². The number of nitrogens with zero attached hydrogens (tertiary/aromatic N) is 2. The molecule has 0 aliphatic rings. The van der Waals surface area contributed by atoms with E-state index >= 15 is 0 Å². The summed E-state index contributed by atoms with van der Waals surface area (Å²) >= 11 is 0. The quantitative estimate of drug-likeness (QED) is 0.336. The van der Waals surface area contributed by atoms with Gasteiger partial charge in [0.05, 0.1) is 29.7 Å². The molecule has 0 bridgehead atoms. The van der Waals surface area contributed by atoms with Crippen LogP contribution in [0.1, 0.15) is 29.0 Å². The number of urea groups is 1. The molecule has 0 saturated carbocycles. The highest BCUT2D eigenvalue weighted by Crippen LogP contribution is 2.24. The number of halogens is 1. The predicted octanol–water partition coefficient (Wildman–Crippen LogP) is 5.60. The van der Waals surface area contributed by atoms with Crippen molar-refractivity contribution in [2.45, 2.75) is 18.6 Å². The molecule has 3 aromatic carbocycles. The van der Waals surface area contributed by atoms with E-state index in [9.17, 15) is 9.18 Å². The Morgan fingerprint density at radius 1 is 0.882 bits per heavy atom. The highest BCUT2D eigenvalue weighted by atomic mass is 19.1. The Kier molecular flexibility index (Phi) is 6.07. The number of para-hydroxylation sites is 2. The molecular weight excluding hydrogens is 431 g/mol. The number of aromatic nitrogens is 2. The fourth-order valence-electron chi connectivity index (χ4n) is 4.03. The second kappa shape index (κ2) is 9.62. The van der Waals surface area contributed by atoms with Crippen LogP contribution in [0.4, 0.5) is 9.18 Å². The summed E-state index contributed by atoms with van der Waals surface area (Å²) in [7, 11) is 0. The topological polar surface area (TPSA) is 72.1 Å². The number of amides is 2. The second-order valence-electron chi connectivity index (χ2n) is 7.97. The second-order valence-corrected chi connectivity index (χ2v) is 7.97. The Hall–Kier alpha value is -4.39. The maximum atomic E-state index is 13.6. The van der Waals surface area contributed by atoms with Crippen LogP contribution in [0, 0.1) is 5.82 Å². The molecule has 5 rings (SSSR count). The van der Waals surface area contributed by atoms with Crippen molar-refractivity contribution in [3.05, 3.63) is 126 Å². The highest BCUT2D eigenvalue weighted by Gasteiger charge is 2.22. The van der Waals surface area contributed by atoms with Gasteiger partial charge in [-0.15, -0.1) is 0 Å². The normalized spacial score (nSPS) is 12.9. The van der Waals surface area contributed by atoms with Gasteiger partial charge in [-0.1, -0.05) is 54.6 Å². The van der Waals surface area contributed by atoms with E-state index in [-0.39, 0.29) is 11.8 Å². The van der Waals surface area contributed by atoms with E-state index in [1.54, 1.807) is 30.8 Å². The maximum Gasteiger partial charge on any atom is 0.316 e. The average Bonchev–Trinajstić information content (AvgIpc) is 3.54. The van der Waals surface area contributed by atoms with Crippen LogP contribution in [-0.2, 0) is 6.54 Å². The van der Waals surface area contributed by atoms with Crippen molar-refractivity contribution in [2.75, 3.05) is 0 Å². The van der Waals surface area contributed by atoms with Crippen molar-refractivity contribution in [2.24, 2.45) is 0 Å². The Morgan fingerprint density at radius 2 is 1.65 bits per heavy atom. The van der Waals surface area contributed by atoms with Gasteiger partial charge in [-0.25, -0.2) is 14.2 Å². The SMILES string of the molecule is O=C(NC(Cn1cnc2ccccc21)c1ccc(F)cc1)NC(c1ccccc1)c1ccco1. The lowest BCUT2D eigenvalue weighted by Crippen LogP contribution is -2.41. The van der Waals surface area contributed by atoms with Crippen molar-refractivity contribution < 1.29 is 13.6 Å². The van der Waals surface area contributed by atoms with E-state index in [0.717, 1.165) is 22.2 Å². The molecule has 170 valence electrons. The third-order valence-corrected chi connectivity index (χ3v) is 5.72. The van der Waals surface area contributed by atoms with E-state index in [1.165, 1.54) is 12.1 Å². The molecule has 0 saturated heterocycles. The van der Waals surface area contributed by atoms with Crippen molar-refractivity contribution >= 4 is 17.1 Å². The van der Waals surface area contributed by atoms with Gasteiger partial charge in [0, 0.05) is 6.54 Å². The number of furan rings is 1. The molecule has 2 aromatic heterocycles. The Balaban J connectivity index is 1.41. The van der Waals surface area contributed by atoms with Crippen LogP contribution in [0.3, 0.4) is 0 Å². The lowest BCUT2D eigenvalue weighted by molar-refractivity contribution is 0.232. The summed E-state index contributed by atoms with van der Waals surface area (Å²) in [6.07, 6.45) is 3.33. The third-order valence-electron chi connectivity index (χ3n) is 5.72. The number of imidazole rings is 1. The minimum atomic E-state index is -0.459. The first-order valence-corrected chi connectivity index (χ1v) is 11.0. The molecule has 0 aliphatic carbocycles. The number of rotatable bonds is 7. The largest absolute Gasteiger partial charge is 0.467 e. The van der Waals surface area contributed by atoms with Gasteiger partial charge >= 0.3 is 6.03 Å². The molecule has 5 aromatic rings. The first kappa shape index (κ1) is 21.5. The van der Waals surface area contributed by atoms with Gasteiger partial charge in [-0.2, -0.15) is 0 Å². The van der Waals surface area contributed by atoms with E-state index < -0.39 is 12.1 Å². The summed E-state index contributed by atoms with van der Waals surface area (Å²) in [5.74, 6) is 0.294. The highest BCUT2D eigenvalue weighted by molar-refractivity contribution is 5.76. The fraction of sp³-hybridized carbons (Fsp3) is 0.111. The first-order valence-electron chi connectivity index (χ1n) is 11.0. The van der Waals surface area contributed by atoms with Crippen LogP contribution in [0.25, 0.3) is 11.0 Å². The maximum absolute atomic E-state index is 13.6. The van der Waals surface area contributed by atoms with Gasteiger partial charge in [0.1, 0.15) is 17.6 Å². The van der Waals surface area contributed by atoms with Crippen molar-refractivity contribution in [1.29, 1.82) is 0 Å². The van der Waals surface area contributed by atoms with Crippen LogP contribution in [0.5, 0.6) is 0 Å². The number of hydrogen-bond donors (Lipinski definition) is 2. The lowest BCUT2D eigenvalue weighted by atomic mass is 10.0. The zero-order chi connectivity index (χ0) is 23.3. The molecule has 2 unspecified atom stereocenters. The molecule has 0 radical (unpaired) electrons. The number of hydrogen-bond acceptors (Lipinski definition) is 3. The molecule has 0 spiro atoms. The van der Waals surface area contributed by atoms with Gasteiger partial charge in [0.2, 0.25) is 0 Å². The van der Waals surface area contributed by atoms with Crippen LogP contribution in [0.15, 0.2) is 108 Å². The van der Waals surface area contributed by atoms with Gasteiger partial charge < -0.3 is 19.6 Å². The van der Waals surface area contributed by atoms with Gasteiger partial charge in [-0.3, -0.25) is 0 Å². The fourth-order valence-corrected chi connectivity index (χ4v) is 4.03. The van der Waals surface area contributed by atoms with Crippen LogP contribution in [0.2, 0.25) is 0 Å². The number of carbonyl (C=O) groups excluding carboxylic acids is 1. The van der Waals surface area contributed by atoms with E-state index in [4.69, 9.17) is 4.42 Å². The van der Waals surface area contributed by atoms with E-state index in [0.29, 0.717) is 12.3 Å². The van der Waals surface area contributed by atoms with Crippen LogP contribution in [-0.4, -0.2) is 15.6 Å². The van der Waals surface area contributed by atoms with Gasteiger partial charge in [-0.05, 0) is 47.5 Å². The first-order chi connectivity index (χ1) is 16.7. The van der Waals surface area contributed by atoms with Crippen molar-refractivity contribution in [3.63, 3.8) is 0 Å².